The van der Waals surface area contributed by atoms with E-state index in [0.29, 0.717) is 12.6 Å². The minimum Gasteiger partial charge on any atom is -0.492 e. The van der Waals surface area contributed by atoms with Crippen LogP contribution in [0.15, 0.2) is 30.3 Å². The summed E-state index contributed by atoms with van der Waals surface area (Å²) in [5, 5.41) is 6.44. The fraction of sp³-hybridized carbons (Fsp3) is 0.611. The van der Waals surface area contributed by atoms with E-state index in [1.807, 2.05) is 51.1 Å². The fourth-order valence-electron chi connectivity index (χ4n) is 2.72. The van der Waals surface area contributed by atoms with Crippen LogP contribution in [0.3, 0.4) is 0 Å². The summed E-state index contributed by atoms with van der Waals surface area (Å²) in [6.45, 7) is 7.07. The molecule has 0 spiro atoms. The highest BCUT2D eigenvalue weighted by molar-refractivity contribution is 5.68. The third-order valence-corrected chi connectivity index (χ3v) is 3.70. The molecular weight excluding hydrogens is 292 g/mol. The number of hydrogen-bond acceptors (Lipinski definition) is 4. The van der Waals surface area contributed by atoms with Gasteiger partial charge in [0.1, 0.15) is 18.0 Å². The van der Waals surface area contributed by atoms with Crippen LogP contribution < -0.4 is 15.4 Å². The minimum atomic E-state index is -0.449. The molecule has 1 aliphatic carbocycles. The van der Waals surface area contributed by atoms with Crippen molar-refractivity contribution in [1.29, 1.82) is 0 Å². The summed E-state index contributed by atoms with van der Waals surface area (Å²) in [4.78, 5) is 11.8. The van der Waals surface area contributed by atoms with E-state index in [9.17, 15) is 4.79 Å². The molecule has 2 rings (SSSR count). The summed E-state index contributed by atoms with van der Waals surface area (Å²) in [5.41, 5.74) is -0.449. The Kier molecular flexibility index (Phi) is 6.28. The first-order valence-corrected chi connectivity index (χ1v) is 8.33. The Hall–Kier alpha value is -1.75. The number of hydrogen-bond donors (Lipinski definition) is 2. The van der Waals surface area contributed by atoms with Crippen molar-refractivity contribution < 1.29 is 14.3 Å². The number of alkyl carbamates (subject to hydrolysis) is 1. The molecular formula is C18H28N2O3. The van der Waals surface area contributed by atoms with Gasteiger partial charge in [-0.05, 0) is 52.2 Å². The number of benzene rings is 1. The highest BCUT2D eigenvalue weighted by Crippen LogP contribution is 2.19. The van der Waals surface area contributed by atoms with Crippen molar-refractivity contribution in [3.63, 3.8) is 0 Å². The number of ether oxygens (including phenoxy) is 2. The maximum absolute atomic E-state index is 11.8. The molecule has 0 aromatic heterocycles. The zero-order valence-electron chi connectivity index (χ0n) is 14.3. The van der Waals surface area contributed by atoms with Crippen LogP contribution in [0.2, 0.25) is 0 Å². The largest absolute Gasteiger partial charge is 0.492 e. The maximum Gasteiger partial charge on any atom is 0.407 e. The van der Waals surface area contributed by atoms with Crippen LogP contribution >= 0.6 is 0 Å². The molecule has 0 aliphatic heterocycles. The number of para-hydroxylation sites is 1. The van der Waals surface area contributed by atoms with E-state index in [-0.39, 0.29) is 12.1 Å². The Bertz CT molecular complexity index is 485. The predicted octanol–water partition coefficient (Wildman–Crippen LogP) is 3.10. The fourth-order valence-corrected chi connectivity index (χ4v) is 2.72. The Morgan fingerprint density at radius 1 is 1.17 bits per heavy atom. The van der Waals surface area contributed by atoms with Gasteiger partial charge in [-0.2, -0.15) is 0 Å². The molecule has 0 radical (unpaired) electrons. The van der Waals surface area contributed by atoms with Gasteiger partial charge in [0, 0.05) is 18.6 Å². The third kappa shape index (κ3) is 6.91. The quantitative estimate of drug-likeness (QED) is 0.791. The smallest absolute Gasteiger partial charge is 0.407 e. The average molecular weight is 320 g/mol. The van der Waals surface area contributed by atoms with Crippen molar-refractivity contribution in [2.75, 3.05) is 13.2 Å². The molecule has 2 unspecified atom stereocenters. The SMILES string of the molecule is CC(C)(C)OC(=O)NC1CCC(NCCOc2ccccc2)C1. The molecule has 128 valence electrons. The van der Waals surface area contributed by atoms with Crippen molar-refractivity contribution >= 4 is 6.09 Å². The molecule has 1 aliphatic rings. The van der Waals surface area contributed by atoms with E-state index in [1.165, 1.54) is 0 Å². The van der Waals surface area contributed by atoms with Gasteiger partial charge in [0.05, 0.1) is 0 Å². The molecule has 5 nitrogen and oxygen atoms in total. The molecule has 5 heteroatoms. The van der Waals surface area contributed by atoms with Gasteiger partial charge in [-0.3, -0.25) is 0 Å². The summed E-state index contributed by atoms with van der Waals surface area (Å²) in [6.07, 6.45) is 2.66. The topological polar surface area (TPSA) is 59.6 Å². The van der Waals surface area contributed by atoms with Crippen molar-refractivity contribution in [2.24, 2.45) is 0 Å². The van der Waals surface area contributed by atoms with Gasteiger partial charge in [-0.1, -0.05) is 18.2 Å². The number of carbonyl (C=O) groups is 1. The summed E-state index contributed by atoms with van der Waals surface area (Å²) in [5.74, 6) is 0.894. The Balaban J connectivity index is 1.59. The van der Waals surface area contributed by atoms with E-state index in [2.05, 4.69) is 10.6 Å². The van der Waals surface area contributed by atoms with Crippen LogP contribution in [0.25, 0.3) is 0 Å². The minimum absolute atomic E-state index is 0.192. The maximum atomic E-state index is 11.8. The zero-order valence-corrected chi connectivity index (χ0v) is 14.3. The number of nitrogens with one attached hydrogen (secondary N) is 2. The molecule has 0 heterocycles. The highest BCUT2D eigenvalue weighted by atomic mass is 16.6. The van der Waals surface area contributed by atoms with E-state index in [1.54, 1.807) is 0 Å². The Morgan fingerprint density at radius 2 is 1.87 bits per heavy atom. The molecule has 1 saturated carbocycles. The first-order chi connectivity index (χ1) is 10.9. The van der Waals surface area contributed by atoms with E-state index in [0.717, 1.165) is 31.6 Å². The molecule has 23 heavy (non-hydrogen) atoms. The molecule has 2 atom stereocenters. The molecule has 1 amide bonds. The lowest BCUT2D eigenvalue weighted by Crippen LogP contribution is -2.39. The van der Waals surface area contributed by atoms with Crippen LogP contribution in [-0.2, 0) is 4.74 Å². The van der Waals surface area contributed by atoms with Crippen LogP contribution in [0.4, 0.5) is 4.79 Å². The lowest BCUT2D eigenvalue weighted by Gasteiger charge is -2.21. The van der Waals surface area contributed by atoms with Gasteiger partial charge in [-0.15, -0.1) is 0 Å². The summed E-state index contributed by atoms with van der Waals surface area (Å²) in [6, 6.07) is 10.4. The predicted molar refractivity (Wildman–Crippen MR) is 90.7 cm³/mol. The number of rotatable bonds is 6. The number of carbonyl (C=O) groups excluding carboxylic acids is 1. The van der Waals surface area contributed by atoms with Crippen molar-refractivity contribution in [1.82, 2.24) is 10.6 Å². The Morgan fingerprint density at radius 3 is 2.57 bits per heavy atom. The second kappa shape index (κ2) is 8.20. The third-order valence-electron chi connectivity index (χ3n) is 3.70. The van der Waals surface area contributed by atoms with Crippen LogP contribution in [0, 0.1) is 0 Å². The monoisotopic (exact) mass is 320 g/mol. The summed E-state index contributed by atoms with van der Waals surface area (Å²) >= 11 is 0. The summed E-state index contributed by atoms with van der Waals surface area (Å²) < 4.78 is 11.0. The van der Waals surface area contributed by atoms with Gasteiger partial charge in [0.25, 0.3) is 0 Å². The molecule has 1 fully saturated rings. The number of amides is 1. The van der Waals surface area contributed by atoms with Gasteiger partial charge >= 0.3 is 6.09 Å². The normalized spacial score (nSPS) is 21.0. The zero-order chi connectivity index (χ0) is 16.7. The van der Waals surface area contributed by atoms with Gasteiger partial charge in [0.15, 0.2) is 0 Å². The molecule has 2 N–H and O–H groups in total. The second-order valence-corrected chi connectivity index (χ2v) is 6.97. The second-order valence-electron chi connectivity index (χ2n) is 6.97. The van der Waals surface area contributed by atoms with Crippen molar-refractivity contribution in [2.45, 2.75) is 57.7 Å². The highest BCUT2D eigenvalue weighted by Gasteiger charge is 2.27. The van der Waals surface area contributed by atoms with Crippen molar-refractivity contribution in [3.05, 3.63) is 30.3 Å². The van der Waals surface area contributed by atoms with E-state index >= 15 is 0 Å². The van der Waals surface area contributed by atoms with Crippen LogP contribution in [0.1, 0.15) is 40.0 Å². The summed E-state index contributed by atoms with van der Waals surface area (Å²) in [7, 11) is 0. The van der Waals surface area contributed by atoms with Crippen LogP contribution in [-0.4, -0.2) is 36.9 Å². The van der Waals surface area contributed by atoms with Gasteiger partial charge < -0.3 is 20.1 Å². The molecule has 0 saturated heterocycles. The molecule has 1 aromatic carbocycles. The average Bonchev–Trinajstić information content (AvgIpc) is 2.90. The first-order valence-electron chi connectivity index (χ1n) is 8.33. The molecule has 0 bridgehead atoms. The molecule has 1 aromatic rings. The first kappa shape index (κ1) is 17.6. The lowest BCUT2D eigenvalue weighted by molar-refractivity contribution is 0.0505. The van der Waals surface area contributed by atoms with Crippen LogP contribution in [0.5, 0.6) is 5.75 Å². The standard InChI is InChI=1S/C18H28N2O3/c1-18(2,3)23-17(21)20-15-10-9-14(13-15)19-11-12-22-16-7-5-4-6-8-16/h4-8,14-15,19H,9-13H2,1-3H3,(H,20,21). The van der Waals surface area contributed by atoms with Gasteiger partial charge in [-0.25, -0.2) is 4.79 Å². The van der Waals surface area contributed by atoms with E-state index < -0.39 is 5.60 Å². The van der Waals surface area contributed by atoms with Gasteiger partial charge in [0.2, 0.25) is 0 Å². The van der Waals surface area contributed by atoms with E-state index in [4.69, 9.17) is 9.47 Å². The Labute approximate surface area is 138 Å². The lowest BCUT2D eigenvalue weighted by atomic mass is 10.2. The van der Waals surface area contributed by atoms with Crippen molar-refractivity contribution in [3.8, 4) is 5.75 Å².